The lowest BCUT2D eigenvalue weighted by atomic mass is 10.2. The maximum absolute atomic E-state index is 13.6. The number of aromatic nitrogens is 2. The third-order valence-electron chi connectivity index (χ3n) is 3.12. The van der Waals surface area contributed by atoms with E-state index >= 15 is 0 Å². The van der Waals surface area contributed by atoms with E-state index in [1.165, 1.54) is 6.07 Å². The molecular formula is C16H13ClFN3. The van der Waals surface area contributed by atoms with Crippen LogP contribution >= 0.6 is 11.6 Å². The predicted molar refractivity (Wildman–Crippen MR) is 82.3 cm³/mol. The second-order valence-corrected chi connectivity index (χ2v) is 5.03. The highest BCUT2D eigenvalue weighted by molar-refractivity contribution is 6.30. The third-order valence-corrected chi connectivity index (χ3v) is 3.35. The molecule has 0 aliphatic rings. The van der Waals surface area contributed by atoms with Crippen LogP contribution in [0.4, 0.5) is 10.1 Å². The molecule has 0 saturated heterocycles. The van der Waals surface area contributed by atoms with Crippen LogP contribution in [0.25, 0.3) is 5.69 Å². The number of anilines is 1. The molecule has 3 nitrogen and oxygen atoms in total. The summed E-state index contributed by atoms with van der Waals surface area (Å²) in [7, 11) is 0. The first-order valence-corrected chi connectivity index (χ1v) is 6.88. The molecule has 1 aromatic heterocycles. The lowest BCUT2D eigenvalue weighted by Gasteiger charge is -2.09. The van der Waals surface area contributed by atoms with Crippen molar-refractivity contribution >= 4 is 17.3 Å². The third kappa shape index (κ3) is 3.23. The van der Waals surface area contributed by atoms with Crippen molar-refractivity contribution in [2.75, 3.05) is 5.32 Å². The number of nitrogens with one attached hydrogen (secondary N) is 1. The van der Waals surface area contributed by atoms with Crippen molar-refractivity contribution in [1.82, 2.24) is 9.78 Å². The highest BCUT2D eigenvalue weighted by Gasteiger charge is 2.03. The molecule has 0 saturated carbocycles. The number of benzene rings is 2. The number of hydrogen-bond acceptors (Lipinski definition) is 2. The summed E-state index contributed by atoms with van der Waals surface area (Å²) in [6.07, 6.45) is 3.62. The molecule has 1 heterocycles. The van der Waals surface area contributed by atoms with Gasteiger partial charge in [0, 0.05) is 24.0 Å². The van der Waals surface area contributed by atoms with Gasteiger partial charge in [-0.05, 0) is 42.0 Å². The summed E-state index contributed by atoms with van der Waals surface area (Å²) >= 11 is 5.72. The molecule has 0 aliphatic heterocycles. The Kier molecular flexibility index (Phi) is 3.88. The topological polar surface area (TPSA) is 29.9 Å². The Morgan fingerprint density at radius 2 is 1.95 bits per heavy atom. The van der Waals surface area contributed by atoms with E-state index < -0.39 is 0 Å². The largest absolute Gasteiger partial charge is 0.379 e. The molecule has 0 bridgehead atoms. The quantitative estimate of drug-likeness (QED) is 0.779. The zero-order valence-electron chi connectivity index (χ0n) is 11.1. The minimum absolute atomic E-state index is 0.351. The van der Waals surface area contributed by atoms with Gasteiger partial charge in [-0.1, -0.05) is 23.7 Å². The maximum Gasteiger partial charge on any atom is 0.147 e. The standard InChI is InChI=1S/C16H13ClFN3/c17-13-4-7-16(15(18)10-13)19-11-12-2-5-14(6-3-12)21-9-1-8-20-21/h1-10,19H,11H2. The Hall–Kier alpha value is -2.33. The minimum Gasteiger partial charge on any atom is -0.379 e. The van der Waals surface area contributed by atoms with Gasteiger partial charge in [-0.3, -0.25) is 0 Å². The van der Waals surface area contributed by atoms with E-state index in [4.69, 9.17) is 11.6 Å². The number of nitrogens with zero attached hydrogens (tertiary/aromatic N) is 2. The monoisotopic (exact) mass is 301 g/mol. The Labute approximate surface area is 127 Å². The fraction of sp³-hybridized carbons (Fsp3) is 0.0625. The van der Waals surface area contributed by atoms with Gasteiger partial charge in [-0.2, -0.15) is 5.10 Å². The summed E-state index contributed by atoms with van der Waals surface area (Å²) in [6.45, 7) is 0.540. The fourth-order valence-corrected chi connectivity index (χ4v) is 2.18. The van der Waals surface area contributed by atoms with Crippen LogP contribution in [0.1, 0.15) is 5.56 Å². The Morgan fingerprint density at radius 1 is 1.14 bits per heavy atom. The lowest BCUT2D eigenvalue weighted by molar-refractivity contribution is 0.630. The van der Waals surface area contributed by atoms with Crippen LogP contribution in [0.15, 0.2) is 60.9 Å². The highest BCUT2D eigenvalue weighted by atomic mass is 35.5. The van der Waals surface area contributed by atoms with Crippen molar-refractivity contribution in [2.45, 2.75) is 6.54 Å². The first kappa shape index (κ1) is 13.6. The summed E-state index contributed by atoms with van der Waals surface area (Å²) in [6, 6.07) is 14.4. The van der Waals surface area contributed by atoms with Gasteiger partial charge >= 0.3 is 0 Å². The van der Waals surface area contributed by atoms with Crippen molar-refractivity contribution in [2.24, 2.45) is 0 Å². The summed E-state index contributed by atoms with van der Waals surface area (Å²) < 4.78 is 15.4. The van der Waals surface area contributed by atoms with Crippen LogP contribution in [0.2, 0.25) is 5.02 Å². The fourth-order valence-electron chi connectivity index (χ4n) is 2.02. The summed E-state index contributed by atoms with van der Waals surface area (Å²) in [5.74, 6) is -0.351. The molecule has 0 spiro atoms. The van der Waals surface area contributed by atoms with Crippen LogP contribution in [-0.2, 0) is 6.54 Å². The average molecular weight is 302 g/mol. The molecule has 3 aromatic rings. The van der Waals surface area contributed by atoms with E-state index in [1.807, 2.05) is 36.5 Å². The van der Waals surface area contributed by atoms with Crippen molar-refractivity contribution in [1.29, 1.82) is 0 Å². The SMILES string of the molecule is Fc1cc(Cl)ccc1NCc1ccc(-n2cccn2)cc1. The Bertz CT molecular complexity index is 724. The van der Waals surface area contributed by atoms with Crippen molar-refractivity contribution < 1.29 is 4.39 Å². The molecule has 0 radical (unpaired) electrons. The lowest BCUT2D eigenvalue weighted by Crippen LogP contribution is -2.02. The summed E-state index contributed by atoms with van der Waals surface area (Å²) in [5, 5.41) is 7.61. The van der Waals surface area contributed by atoms with Gasteiger partial charge in [0.15, 0.2) is 0 Å². The van der Waals surface area contributed by atoms with E-state index in [0.29, 0.717) is 17.3 Å². The molecular weight excluding hydrogens is 289 g/mol. The Morgan fingerprint density at radius 3 is 2.62 bits per heavy atom. The van der Waals surface area contributed by atoms with Crippen LogP contribution in [0.5, 0.6) is 0 Å². The van der Waals surface area contributed by atoms with Crippen LogP contribution in [0, 0.1) is 5.82 Å². The molecule has 0 aliphatic carbocycles. The highest BCUT2D eigenvalue weighted by Crippen LogP contribution is 2.19. The molecule has 0 amide bonds. The number of hydrogen-bond donors (Lipinski definition) is 1. The molecule has 21 heavy (non-hydrogen) atoms. The van der Waals surface area contributed by atoms with Crippen LogP contribution < -0.4 is 5.32 Å². The van der Waals surface area contributed by atoms with Crippen molar-refractivity contribution in [3.05, 3.63) is 77.3 Å². The molecule has 0 atom stereocenters. The second-order valence-electron chi connectivity index (χ2n) is 4.59. The smallest absolute Gasteiger partial charge is 0.147 e. The molecule has 3 rings (SSSR count). The number of halogens is 2. The Balaban J connectivity index is 1.68. The molecule has 1 N–H and O–H groups in total. The van der Waals surface area contributed by atoms with Crippen LogP contribution in [-0.4, -0.2) is 9.78 Å². The first-order chi connectivity index (χ1) is 10.2. The van der Waals surface area contributed by atoms with Crippen molar-refractivity contribution in [3.63, 3.8) is 0 Å². The van der Waals surface area contributed by atoms with Gasteiger partial charge < -0.3 is 5.32 Å². The van der Waals surface area contributed by atoms with Crippen molar-refractivity contribution in [3.8, 4) is 5.69 Å². The van der Waals surface area contributed by atoms with E-state index in [1.54, 1.807) is 23.0 Å². The normalized spacial score (nSPS) is 10.6. The van der Waals surface area contributed by atoms with E-state index in [-0.39, 0.29) is 5.82 Å². The molecule has 106 valence electrons. The van der Waals surface area contributed by atoms with Gasteiger partial charge in [-0.25, -0.2) is 9.07 Å². The maximum atomic E-state index is 13.6. The van der Waals surface area contributed by atoms with Gasteiger partial charge in [0.2, 0.25) is 0 Å². The first-order valence-electron chi connectivity index (χ1n) is 6.50. The van der Waals surface area contributed by atoms with Crippen LogP contribution in [0.3, 0.4) is 0 Å². The minimum atomic E-state index is -0.351. The number of rotatable bonds is 4. The van der Waals surface area contributed by atoms with E-state index in [9.17, 15) is 4.39 Å². The van der Waals surface area contributed by atoms with Gasteiger partial charge in [0.25, 0.3) is 0 Å². The summed E-state index contributed by atoms with van der Waals surface area (Å²) in [4.78, 5) is 0. The summed E-state index contributed by atoms with van der Waals surface area (Å²) in [5.41, 5.74) is 2.48. The zero-order valence-corrected chi connectivity index (χ0v) is 11.9. The molecule has 5 heteroatoms. The zero-order chi connectivity index (χ0) is 14.7. The van der Waals surface area contributed by atoms with E-state index in [2.05, 4.69) is 10.4 Å². The van der Waals surface area contributed by atoms with Gasteiger partial charge in [0.05, 0.1) is 11.4 Å². The average Bonchev–Trinajstić information content (AvgIpc) is 3.01. The van der Waals surface area contributed by atoms with Gasteiger partial charge in [-0.15, -0.1) is 0 Å². The van der Waals surface area contributed by atoms with Gasteiger partial charge in [0.1, 0.15) is 5.82 Å². The molecule has 0 unspecified atom stereocenters. The van der Waals surface area contributed by atoms with E-state index in [0.717, 1.165) is 11.3 Å². The predicted octanol–water partition coefficient (Wildman–Crippen LogP) is 4.28. The molecule has 2 aromatic carbocycles. The second kappa shape index (κ2) is 5.97. The molecule has 0 fully saturated rings.